The normalized spacial score (nSPS) is 15.1. The molecule has 1 aliphatic rings. The molecule has 7 nitrogen and oxygen atoms in total. The molecule has 0 amide bonds. The third-order valence-corrected chi connectivity index (χ3v) is 4.94. The van der Waals surface area contributed by atoms with Crippen molar-refractivity contribution in [1.82, 2.24) is 4.90 Å². The number of nitrogens with zero attached hydrogens (tertiary/aromatic N) is 1. The number of hydrogen-bond acceptors (Lipinski definition) is 7. The molecule has 2 heterocycles. The Balaban J connectivity index is 1.96. The molecule has 0 saturated carbocycles. The van der Waals surface area contributed by atoms with Crippen LogP contribution in [0.1, 0.15) is 36.5 Å². The number of ether oxygens (including phenoxy) is 2. The minimum Gasteiger partial charge on any atom is -0.507 e. The molecule has 0 bridgehead atoms. The molecule has 3 rings (SSSR count). The van der Waals surface area contributed by atoms with Crippen LogP contribution in [0.3, 0.4) is 0 Å². The minimum atomic E-state index is -0.441. The van der Waals surface area contributed by atoms with Gasteiger partial charge in [-0.3, -0.25) is 9.69 Å². The van der Waals surface area contributed by atoms with Crippen LogP contribution in [0.4, 0.5) is 0 Å². The van der Waals surface area contributed by atoms with Gasteiger partial charge in [0.2, 0.25) is 0 Å². The largest absolute Gasteiger partial charge is 0.507 e. The van der Waals surface area contributed by atoms with Gasteiger partial charge in [-0.2, -0.15) is 0 Å². The van der Waals surface area contributed by atoms with Gasteiger partial charge < -0.3 is 19.0 Å². The van der Waals surface area contributed by atoms with E-state index in [1.54, 1.807) is 6.07 Å². The minimum absolute atomic E-state index is 0.0797. The summed E-state index contributed by atoms with van der Waals surface area (Å²) in [6.45, 7) is 7.37. The first-order valence-corrected chi connectivity index (χ1v) is 9.73. The zero-order valence-corrected chi connectivity index (χ0v) is 16.5. The summed E-state index contributed by atoms with van der Waals surface area (Å²) in [6.07, 6.45) is 1.32. The monoisotopic (exact) mass is 389 g/mol. The molecule has 0 aliphatic carbocycles. The van der Waals surface area contributed by atoms with Gasteiger partial charge in [0.25, 0.3) is 0 Å². The fourth-order valence-electron chi connectivity index (χ4n) is 3.41. The van der Waals surface area contributed by atoms with Gasteiger partial charge in [-0.1, -0.05) is 6.92 Å². The van der Waals surface area contributed by atoms with Crippen LogP contribution < -0.4 is 5.63 Å². The van der Waals surface area contributed by atoms with Crippen LogP contribution in [-0.4, -0.2) is 48.9 Å². The van der Waals surface area contributed by atoms with E-state index in [2.05, 4.69) is 4.90 Å². The number of esters is 1. The molecule has 1 saturated heterocycles. The molecule has 28 heavy (non-hydrogen) atoms. The van der Waals surface area contributed by atoms with Crippen molar-refractivity contribution in [3.05, 3.63) is 39.2 Å². The molecular weight excluding hydrogens is 362 g/mol. The highest BCUT2D eigenvalue weighted by atomic mass is 16.5. The summed E-state index contributed by atoms with van der Waals surface area (Å²) in [5, 5.41) is 11.7. The number of carbonyl (C=O) groups is 1. The van der Waals surface area contributed by atoms with E-state index in [4.69, 9.17) is 13.9 Å². The summed E-state index contributed by atoms with van der Waals surface area (Å²) in [5.41, 5.74) is 1.98. The smallest absolute Gasteiger partial charge is 0.336 e. The Morgan fingerprint density at radius 3 is 2.75 bits per heavy atom. The first-order valence-electron chi connectivity index (χ1n) is 9.73. The number of benzene rings is 1. The number of rotatable bonds is 7. The van der Waals surface area contributed by atoms with Crippen LogP contribution in [0.15, 0.2) is 21.3 Å². The molecule has 1 aliphatic heterocycles. The standard InChI is InChI=1S/C21H27NO6/c1-3-8-27-18(23)5-4-15-12-16-14(2)11-19(24)28-21(16)17(20(15)25)13-22-6-9-26-10-7-22/h11-12,25H,3-10,13H2,1-2H3. The van der Waals surface area contributed by atoms with Gasteiger partial charge in [-0.15, -0.1) is 0 Å². The van der Waals surface area contributed by atoms with Crippen molar-refractivity contribution in [2.24, 2.45) is 0 Å². The number of morpholine rings is 1. The van der Waals surface area contributed by atoms with E-state index in [0.29, 0.717) is 49.5 Å². The van der Waals surface area contributed by atoms with E-state index < -0.39 is 5.63 Å². The molecular formula is C21H27NO6. The summed E-state index contributed by atoms with van der Waals surface area (Å²) >= 11 is 0. The third-order valence-electron chi connectivity index (χ3n) is 4.94. The van der Waals surface area contributed by atoms with E-state index in [1.807, 2.05) is 13.8 Å². The predicted octanol–water partition coefficient (Wildman–Crippen LogP) is 2.53. The first kappa shape index (κ1) is 20.4. The Bertz CT molecular complexity index is 898. The molecule has 0 radical (unpaired) electrons. The zero-order valence-electron chi connectivity index (χ0n) is 16.5. The average molecular weight is 389 g/mol. The zero-order chi connectivity index (χ0) is 20.1. The maximum absolute atomic E-state index is 11.9. The van der Waals surface area contributed by atoms with Crippen LogP contribution in [-0.2, 0) is 27.2 Å². The number of fused-ring (bicyclic) bond motifs is 1. The number of phenols is 1. The molecule has 0 atom stereocenters. The summed E-state index contributed by atoms with van der Waals surface area (Å²) in [6, 6.07) is 3.25. The van der Waals surface area contributed by atoms with Crippen molar-refractivity contribution >= 4 is 16.9 Å². The van der Waals surface area contributed by atoms with Gasteiger partial charge >= 0.3 is 11.6 Å². The number of carbonyl (C=O) groups excluding carboxylic acids is 1. The highest BCUT2D eigenvalue weighted by Crippen LogP contribution is 2.34. The van der Waals surface area contributed by atoms with E-state index in [0.717, 1.165) is 30.5 Å². The van der Waals surface area contributed by atoms with E-state index >= 15 is 0 Å². The number of aryl methyl sites for hydroxylation is 2. The molecule has 1 aromatic heterocycles. The lowest BCUT2D eigenvalue weighted by atomic mass is 9.98. The Morgan fingerprint density at radius 2 is 2.04 bits per heavy atom. The van der Waals surface area contributed by atoms with Crippen LogP contribution >= 0.6 is 0 Å². The van der Waals surface area contributed by atoms with Gasteiger partial charge in [-0.05, 0) is 37.0 Å². The second kappa shape index (κ2) is 9.21. The number of phenolic OH excluding ortho intramolecular Hbond substituents is 1. The summed E-state index contributed by atoms with van der Waals surface area (Å²) in [5.74, 6) is -0.205. The Labute approximate surface area is 163 Å². The van der Waals surface area contributed by atoms with Crippen LogP contribution in [0.5, 0.6) is 5.75 Å². The van der Waals surface area contributed by atoms with E-state index in [1.165, 1.54) is 6.07 Å². The molecule has 152 valence electrons. The first-order chi connectivity index (χ1) is 13.5. The van der Waals surface area contributed by atoms with Gasteiger partial charge in [0.15, 0.2) is 0 Å². The fraction of sp³-hybridized carbons (Fsp3) is 0.524. The van der Waals surface area contributed by atoms with Crippen molar-refractivity contribution in [2.75, 3.05) is 32.9 Å². The molecule has 1 fully saturated rings. The highest BCUT2D eigenvalue weighted by molar-refractivity contribution is 5.86. The lowest BCUT2D eigenvalue weighted by Crippen LogP contribution is -2.35. The molecule has 7 heteroatoms. The van der Waals surface area contributed by atoms with Crippen LogP contribution in [0.2, 0.25) is 0 Å². The highest BCUT2D eigenvalue weighted by Gasteiger charge is 2.21. The molecule has 2 aromatic rings. The fourth-order valence-corrected chi connectivity index (χ4v) is 3.41. The summed E-state index contributed by atoms with van der Waals surface area (Å²) < 4.78 is 16.0. The third kappa shape index (κ3) is 4.72. The maximum atomic E-state index is 11.9. The SMILES string of the molecule is CCCOC(=O)CCc1cc2c(C)cc(=O)oc2c(CN2CCOCC2)c1O. The van der Waals surface area contributed by atoms with E-state index in [9.17, 15) is 14.7 Å². The van der Waals surface area contributed by atoms with Crippen molar-refractivity contribution in [3.8, 4) is 5.75 Å². The van der Waals surface area contributed by atoms with Gasteiger partial charge in [-0.25, -0.2) is 4.79 Å². The molecule has 1 N–H and O–H groups in total. The lowest BCUT2D eigenvalue weighted by molar-refractivity contribution is -0.143. The molecule has 0 spiro atoms. The van der Waals surface area contributed by atoms with Gasteiger partial charge in [0, 0.05) is 37.5 Å². The quantitative estimate of drug-likeness (QED) is 0.575. The summed E-state index contributed by atoms with van der Waals surface area (Å²) in [7, 11) is 0. The lowest BCUT2D eigenvalue weighted by Gasteiger charge is -2.27. The van der Waals surface area contributed by atoms with Gasteiger partial charge in [0.1, 0.15) is 11.3 Å². The number of aromatic hydroxyl groups is 1. The Morgan fingerprint density at radius 1 is 1.29 bits per heavy atom. The molecule has 1 aromatic carbocycles. The Hall–Kier alpha value is -2.38. The van der Waals surface area contributed by atoms with Crippen molar-refractivity contribution in [1.29, 1.82) is 0 Å². The van der Waals surface area contributed by atoms with E-state index in [-0.39, 0.29) is 18.1 Å². The van der Waals surface area contributed by atoms with Gasteiger partial charge in [0.05, 0.1) is 25.4 Å². The second-order valence-corrected chi connectivity index (χ2v) is 7.10. The average Bonchev–Trinajstić information content (AvgIpc) is 2.68. The summed E-state index contributed by atoms with van der Waals surface area (Å²) in [4.78, 5) is 25.9. The number of hydrogen-bond donors (Lipinski definition) is 1. The predicted molar refractivity (Wildman–Crippen MR) is 105 cm³/mol. The Kier molecular flexibility index (Phi) is 6.70. The van der Waals surface area contributed by atoms with Crippen molar-refractivity contribution < 1.29 is 23.8 Å². The van der Waals surface area contributed by atoms with Crippen LogP contribution in [0, 0.1) is 6.92 Å². The topological polar surface area (TPSA) is 89.2 Å². The second-order valence-electron chi connectivity index (χ2n) is 7.10. The maximum Gasteiger partial charge on any atom is 0.336 e. The van der Waals surface area contributed by atoms with Crippen molar-refractivity contribution in [2.45, 2.75) is 39.7 Å². The molecule has 0 unspecified atom stereocenters. The van der Waals surface area contributed by atoms with Crippen molar-refractivity contribution in [3.63, 3.8) is 0 Å². The van der Waals surface area contributed by atoms with Crippen LogP contribution in [0.25, 0.3) is 11.0 Å².